The molecule has 1 aromatic carbocycles. The monoisotopic (exact) mass is 435 g/mol. The number of carbonyl (C=O) groups excluding carboxylic acids is 1. The largest absolute Gasteiger partial charge is 0.481 e. The topological polar surface area (TPSA) is 108 Å². The molecule has 29 heavy (non-hydrogen) atoms. The number of nitrogens with zero attached hydrogens (tertiary/aromatic N) is 1. The minimum absolute atomic E-state index is 0.0138. The fraction of sp³-hybridized carbons (Fsp3) is 0.158. The smallest absolute Gasteiger partial charge is 0.326 e. The van der Waals surface area contributed by atoms with E-state index in [9.17, 15) is 23.9 Å². The van der Waals surface area contributed by atoms with Gasteiger partial charge in [0.2, 0.25) is 0 Å². The SMILES string of the molecule is O=C(O)CCC(C(=O)O)N1C(=O)C(=Cc2ccc(-c3ccccc3F)o2)SC1=S. The molecule has 1 aliphatic rings. The van der Waals surface area contributed by atoms with Crippen molar-refractivity contribution in [3.63, 3.8) is 0 Å². The van der Waals surface area contributed by atoms with Crippen LogP contribution in [-0.4, -0.2) is 43.3 Å². The molecule has 2 aromatic rings. The number of rotatable bonds is 7. The lowest BCUT2D eigenvalue weighted by atomic mass is 10.1. The molecule has 1 saturated heterocycles. The van der Waals surface area contributed by atoms with Crippen LogP contribution in [0, 0.1) is 5.82 Å². The number of thioether (sulfide) groups is 1. The minimum atomic E-state index is -1.38. The summed E-state index contributed by atoms with van der Waals surface area (Å²) < 4.78 is 19.5. The number of carboxylic acids is 2. The minimum Gasteiger partial charge on any atom is -0.481 e. The van der Waals surface area contributed by atoms with Crippen LogP contribution >= 0.6 is 24.0 Å². The molecular weight excluding hydrogens is 421 g/mol. The van der Waals surface area contributed by atoms with Crippen molar-refractivity contribution in [2.45, 2.75) is 18.9 Å². The highest BCUT2D eigenvalue weighted by Gasteiger charge is 2.40. The van der Waals surface area contributed by atoms with Crippen LogP contribution in [0.3, 0.4) is 0 Å². The van der Waals surface area contributed by atoms with Crippen LogP contribution < -0.4 is 0 Å². The molecule has 1 amide bonds. The number of halogens is 1. The van der Waals surface area contributed by atoms with Crippen molar-refractivity contribution >= 4 is 52.2 Å². The lowest BCUT2D eigenvalue weighted by Crippen LogP contribution is -2.44. The Morgan fingerprint density at radius 1 is 1.24 bits per heavy atom. The molecule has 0 saturated carbocycles. The van der Waals surface area contributed by atoms with Gasteiger partial charge in [0.1, 0.15) is 27.7 Å². The zero-order valence-corrected chi connectivity index (χ0v) is 16.3. The number of aliphatic carboxylic acids is 2. The van der Waals surface area contributed by atoms with Gasteiger partial charge in [-0.2, -0.15) is 0 Å². The number of hydrogen-bond donors (Lipinski definition) is 2. The number of benzene rings is 1. The van der Waals surface area contributed by atoms with E-state index >= 15 is 0 Å². The number of furan rings is 1. The van der Waals surface area contributed by atoms with Crippen molar-refractivity contribution in [3.8, 4) is 11.3 Å². The third-order valence-corrected chi connectivity index (χ3v) is 5.42. The molecule has 2 heterocycles. The molecule has 0 aliphatic carbocycles. The third kappa shape index (κ3) is 4.54. The number of thiocarbonyl (C=S) groups is 1. The van der Waals surface area contributed by atoms with Gasteiger partial charge in [-0.15, -0.1) is 0 Å². The second kappa shape index (κ2) is 8.58. The maximum absolute atomic E-state index is 13.9. The molecular formula is C19H14FNO6S2. The molecule has 1 aromatic heterocycles. The maximum atomic E-state index is 13.9. The summed E-state index contributed by atoms with van der Waals surface area (Å²) in [5, 5.41) is 18.2. The Hall–Kier alpha value is -2.98. The Morgan fingerprint density at radius 3 is 2.62 bits per heavy atom. The van der Waals surface area contributed by atoms with Gasteiger partial charge in [-0.05, 0) is 30.7 Å². The molecule has 1 fully saturated rings. The summed E-state index contributed by atoms with van der Waals surface area (Å²) in [4.78, 5) is 36.0. The van der Waals surface area contributed by atoms with Gasteiger partial charge < -0.3 is 14.6 Å². The quantitative estimate of drug-likeness (QED) is 0.502. The second-order valence-corrected chi connectivity index (χ2v) is 7.70. The van der Waals surface area contributed by atoms with E-state index < -0.39 is 36.1 Å². The van der Waals surface area contributed by atoms with Crippen molar-refractivity contribution in [2.24, 2.45) is 0 Å². The summed E-state index contributed by atoms with van der Waals surface area (Å²) in [6, 6.07) is 7.79. The molecule has 0 spiro atoms. The Kier molecular flexibility index (Phi) is 6.14. The molecule has 0 radical (unpaired) electrons. The van der Waals surface area contributed by atoms with Gasteiger partial charge in [0.05, 0.1) is 10.5 Å². The summed E-state index contributed by atoms with van der Waals surface area (Å²) >= 11 is 6.01. The van der Waals surface area contributed by atoms with Crippen molar-refractivity contribution in [1.29, 1.82) is 0 Å². The van der Waals surface area contributed by atoms with Crippen molar-refractivity contribution in [3.05, 3.63) is 52.9 Å². The summed E-state index contributed by atoms with van der Waals surface area (Å²) in [6.07, 6.45) is 0.694. The number of hydrogen-bond acceptors (Lipinski definition) is 6. The lowest BCUT2D eigenvalue weighted by molar-refractivity contribution is -0.146. The van der Waals surface area contributed by atoms with Gasteiger partial charge in [-0.1, -0.05) is 36.1 Å². The Morgan fingerprint density at radius 2 is 1.97 bits per heavy atom. The average molecular weight is 435 g/mol. The van der Waals surface area contributed by atoms with Crippen molar-refractivity contribution < 1.29 is 33.4 Å². The zero-order chi connectivity index (χ0) is 21.1. The van der Waals surface area contributed by atoms with Crippen molar-refractivity contribution in [1.82, 2.24) is 4.90 Å². The summed E-state index contributed by atoms with van der Waals surface area (Å²) in [5.74, 6) is -3.09. The van der Waals surface area contributed by atoms with Crippen LogP contribution in [-0.2, 0) is 14.4 Å². The highest BCUT2D eigenvalue weighted by molar-refractivity contribution is 8.26. The number of carboxylic acid groups (broad SMARTS) is 2. The van der Waals surface area contributed by atoms with E-state index in [0.29, 0.717) is 0 Å². The molecule has 7 nitrogen and oxygen atoms in total. The summed E-state index contributed by atoms with van der Waals surface area (Å²) in [5.41, 5.74) is 0.263. The van der Waals surface area contributed by atoms with Gasteiger partial charge >= 0.3 is 11.9 Å². The first-order chi connectivity index (χ1) is 13.8. The first-order valence-electron chi connectivity index (χ1n) is 8.34. The highest BCUT2D eigenvalue weighted by atomic mass is 32.2. The predicted octanol–water partition coefficient (Wildman–Crippen LogP) is 3.60. The van der Waals surface area contributed by atoms with Crippen LogP contribution in [0.5, 0.6) is 0 Å². The number of carbonyl (C=O) groups is 3. The molecule has 1 atom stereocenters. The van der Waals surface area contributed by atoms with Crippen LogP contribution in [0.15, 0.2) is 45.7 Å². The van der Waals surface area contributed by atoms with Gasteiger partial charge in [-0.25, -0.2) is 9.18 Å². The molecule has 1 unspecified atom stereocenters. The predicted molar refractivity (Wildman–Crippen MR) is 107 cm³/mol. The lowest BCUT2D eigenvalue weighted by Gasteiger charge is -2.22. The zero-order valence-electron chi connectivity index (χ0n) is 14.7. The molecule has 150 valence electrons. The van der Waals surface area contributed by atoms with E-state index in [1.54, 1.807) is 30.3 Å². The summed E-state index contributed by atoms with van der Waals surface area (Å²) in [7, 11) is 0. The molecule has 3 rings (SSSR count). The van der Waals surface area contributed by atoms with E-state index in [0.717, 1.165) is 16.7 Å². The first kappa shape index (κ1) is 20.7. The van der Waals surface area contributed by atoms with Crippen LogP contribution in [0.2, 0.25) is 0 Å². The van der Waals surface area contributed by atoms with Gasteiger partial charge in [-0.3, -0.25) is 14.5 Å². The fourth-order valence-corrected chi connectivity index (χ4v) is 4.07. The Bertz CT molecular complexity index is 1030. The molecule has 0 bridgehead atoms. The van der Waals surface area contributed by atoms with Gasteiger partial charge in [0, 0.05) is 12.5 Å². The van der Waals surface area contributed by atoms with Crippen LogP contribution in [0.25, 0.3) is 17.4 Å². The van der Waals surface area contributed by atoms with E-state index in [-0.39, 0.29) is 32.7 Å². The standard InChI is InChI=1S/C19H14FNO6S2/c20-12-4-2-1-3-11(12)14-7-5-10(27-14)9-15-17(24)21(19(28)29-15)13(18(25)26)6-8-16(22)23/h1-5,7,9,13H,6,8H2,(H,22,23)(H,25,26). The Balaban J connectivity index is 1.84. The van der Waals surface area contributed by atoms with E-state index in [1.807, 2.05) is 0 Å². The second-order valence-electron chi connectivity index (χ2n) is 6.02. The molecule has 10 heteroatoms. The first-order valence-corrected chi connectivity index (χ1v) is 9.57. The third-order valence-electron chi connectivity index (χ3n) is 4.09. The summed E-state index contributed by atoms with van der Waals surface area (Å²) in [6.45, 7) is 0. The average Bonchev–Trinajstić information content (AvgIpc) is 3.22. The maximum Gasteiger partial charge on any atom is 0.326 e. The van der Waals surface area contributed by atoms with Gasteiger partial charge in [0.15, 0.2) is 0 Å². The van der Waals surface area contributed by atoms with Crippen LogP contribution in [0.4, 0.5) is 4.39 Å². The van der Waals surface area contributed by atoms with E-state index in [1.165, 1.54) is 12.1 Å². The highest BCUT2D eigenvalue weighted by Crippen LogP contribution is 2.36. The Labute approximate surface area is 173 Å². The number of amides is 1. The van der Waals surface area contributed by atoms with Crippen molar-refractivity contribution in [2.75, 3.05) is 0 Å². The normalized spacial score (nSPS) is 16.4. The van der Waals surface area contributed by atoms with E-state index in [4.69, 9.17) is 21.7 Å². The fourth-order valence-electron chi connectivity index (χ4n) is 2.74. The van der Waals surface area contributed by atoms with Crippen LogP contribution in [0.1, 0.15) is 18.6 Å². The van der Waals surface area contributed by atoms with E-state index in [2.05, 4.69) is 0 Å². The molecule has 1 aliphatic heterocycles. The van der Waals surface area contributed by atoms with Gasteiger partial charge in [0.25, 0.3) is 5.91 Å². The molecule has 2 N–H and O–H groups in total.